The second-order valence-corrected chi connectivity index (χ2v) is 9.04. The Morgan fingerprint density at radius 3 is 1.83 bits per heavy atom. The van der Waals surface area contributed by atoms with Gasteiger partial charge in [-0.25, -0.2) is 4.79 Å². The van der Waals surface area contributed by atoms with Gasteiger partial charge in [0.25, 0.3) is 0 Å². The number of aromatic hydroxyl groups is 1. The van der Waals surface area contributed by atoms with E-state index in [0.717, 1.165) is 5.56 Å². The topological polar surface area (TPSA) is 145 Å². The monoisotopic (exact) mass is 501 g/mol. The molecule has 0 aliphatic carbocycles. The van der Waals surface area contributed by atoms with Gasteiger partial charge in [-0.15, -0.1) is 0 Å². The number of thioether (sulfide) groups is 1. The maximum Gasteiger partial charge on any atom is 0.326 e. The molecule has 5 N–H and O–H groups in total. The summed E-state index contributed by atoms with van der Waals surface area (Å²) < 4.78 is 0. The Labute approximate surface area is 208 Å². The third kappa shape index (κ3) is 9.70. The van der Waals surface area contributed by atoms with Crippen molar-refractivity contribution in [2.75, 3.05) is 12.0 Å². The van der Waals surface area contributed by atoms with Gasteiger partial charge in [0.1, 0.15) is 23.9 Å². The molecule has 0 heterocycles. The first-order valence-electron chi connectivity index (χ1n) is 11.1. The van der Waals surface area contributed by atoms with Crippen molar-refractivity contribution >= 4 is 35.5 Å². The minimum Gasteiger partial charge on any atom is -0.508 e. The lowest BCUT2D eigenvalue weighted by Crippen LogP contribution is -2.56. The second-order valence-electron chi connectivity index (χ2n) is 8.06. The van der Waals surface area contributed by atoms with Crippen molar-refractivity contribution < 1.29 is 29.4 Å². The zero-order valence-electron chi connectivity index (χ0n) is 19.7. The molecular formula is C25H31N3O6S. The van der Waals surface area contributed by atoms with Gasteiger partial charge < -0.3 is 26.2 Å². The zero-order valence-corrected chi connectivity index (χ0v) is 20.5. The van der Waals surface area contributed by atoms with Gasteiger partial charge in [0.05, 0.1) is 0 Å². The fourth-order valence-corrected chi connectivity index (χ4v) is 3.89. The summed E-state index contributed by atoms with van der Waals surface area (Å²) in [6, 6.07) is 12.1. The third-order valence-corrected chi connectivity index (χ3v) is 5.85. The molecule has 2 aromatic carbocycles. The lowest BCUT2D eigenvalue weighted by Gasteiger charge is -2.24. The maximum absolute atomic E-state index is 13.2. The van der Waals surface area contributed by atoms with Crippen molar-refractivity contribution in [2.24, 2.45) is 0 Å². The van der Waals surface area contributed by atoms with E-state index in [1.807, 2.05) is 12.3 Å². The molecule has 3 amide bonds. The largest absolute Gasteiger partial charge is 0.508 e. The Morgan fingerprint density at radius 1 is 0.800 bits per heavy atom. The van der Waals surface area contributed by atoms with Crippen LogP contribution in [0.15, 0.2) is 54.6 Å². The number of carboxylic acids is 1. The average Bonchev–Trinajstić information content (AvgIpc) is 2.82. The fraction of sp³-hybridized carbons (Fsp3) is 0.360. The predicted molar refractivity (Wildman–Crippen MR) is 134 cm³/mol. The molecule has 2 rings (SSSR count). The van der Waals surface area contributed by atoms with Crippen molar-refractivity contribution in [3.05, 3.63) is 65.7 Å². The number of carboxylic acid groups (broad SMARTS) is 1. The molecule has 188 valence electrons. The van der Waals surface area contributed by atoms with E-state index in [1.165, 1.54) is 30.8 Å². The molecule has 9 nitrogen and oxygen atoms in total. The molecule has 0 radical (unpaired) electrons. The first-order chi connectivity index (χ1) is 16.7. The number of hydrogen-bond donors (Lipinski definition) is 5. The predicted octanol–water partition coefficient (Wildman–Crippen LogP) is 1.49. The third-order valence-electron chi connectivity index (χ3n) is 5.21. The molecule has 3 atom stereocenters. The van der Waals surface area contributed by atoms with E-state index < -0.39 is 41.8 Å². The van der Waals surface area contributed by atoms with Crippen LogP contribution in [0.5, 0.6) is 5.75 Å². The molecule has 0 aliphatic heterocycles. The van der Waals surface area contributed by atoms with E-state index in [1.54, 1.807) is 36.4 Å². The molecule has 2 aromatic rings. The van der Waals surface area contributed by atoms with E-state index in [0.29, 0.717) is 11.3 Å². The maximum atomic E-state index is 13.2. The molecule has 0 aromatic heterocycles. The van der Waals surface area contributed by atoms with Crippen molar-refractivity contribution in [1.82, 2.24) is 16.0 Å². The number of hydrogen-bond acceptors (Lipinski definition) is 6. The summed E-state index contributed by atoms with van der Waals surface area (Å²) in [4.78, 5) is 49.6. The molecule has 0 saturated heterocycles. The van der Waals surface area contributed by atoms with Crippen molar-refractivity contribution in [1.29, 1.82) is 0 Å². The van der Waals surface area contributed by atoms with Crippen LogP contribution in [-0.2, 0) is 32.0 Å². The van der Waals surface area contributed by atoms with Gasteiger partial charge in [0, 0.05) is 19.8 Å². The Morgan fingerprint density at radius 2 is 1.31 bits per heavy atom. The van der Waals surface area contributed by atoms with Gasteiger partial charge in [0.15, 0.2) is 0 Å². The van der Waals surface area contributed by atoms with Crippen LogP contribution >= 0.6 is 11.8 Å². The number of carbonyl (C=O) groups is 4. The van der Waals surface area contributed by atoms with Gasteiger partial charge >= 0.3 is 5.97 Å². The second kappa shape index (κ2) is 14.0. The average molecular weight is 502 g/mol. The zero-order chi connectivity index (χ0) is 25.8. The first-order valence-corrected chi connectivity index (χ1v) is 12.5. The van der Waals surface area contributed by atoms with Crippen molar-refractivity contribution in [3.63, 3.8) is 0 Å². The summed E-state index contributed by atoms with van der Waals surface area (Å²) >= 11 is 1.47. The lowest BCUT2D eigenvalue weighted by atomic mass is 10.0. The summed E-state index contributed by atoms with van der Waals surface area (Å²) in [7, 11) is 0. The smallest absolute Gasteiger partial charge is 0.326 e. The summed E-state index contributed by atoms with van der Waals surface area (Å²) in [5.74, 6) is -2.16. The van der Waals surface area contributed by atoms with Crippen LogP contribution in [0, 0.1) is 0 Å². The van der Waals surface area contributed by atoms with E-state index in [9.17, 15) is 29.4 Å². The quantitative estimate of drug-likeness (QED) is 0.280. The molecule has 0 bridgehead atoms. The number of amides is 3. The number of phenolic OH excluding ortho intramolecular Hbond substituents is 1. The summed E-state index contributed by atoms with van der Waals surface area (Å²) in [6.45, 7) is 1.29. The van der Waals surface area contributed by atoms with Gasteiger partial charge in [-0.05, 0) is 41.7 Å². The molecule has 10 heteroatoms. The highest BCUT2D eigenvalue weighted by Crippen LogP contribution is 2.12. The van der Waals surface area contributed by atoms with Gasteiger partial charge in [-0.3, -0.25) is 14.4 Å². The fourth-order valence-electron chi connectivity index (χ4n) is 3.42. The number of benzene rings is 2. The highest BCUT2D eigenvalue weighted by molar-refractivity contribution is 7.98. The molecule has 35 heavy (non-hydrogen) atoms. The van der Waals surface area contributed by atoms with Crippen LogP contribution in [0.2, 0.25) is 0 Å². The van der Waals surface area contributed by atoms with E-state index >= 15 is 0 Å². The van der Waals surface area contributed by atoms with Crippen LogP contribution in [0.3, 0.4) is 0 Å². The Bertz CT molecular complexity index is 1000. The van der Waals surface area contributed by atoms with Crippen LogP contribution in [0.4, 0.5) is 0 Å². The normalized spacial score (nSPS) is 13.2. The summed E-state index contributed by atoms with van der Waals surface area (Å²) in [5, 5.41) is 26.8. The Balaban J connectivity index is 2.23. The minimum atomic E-state index is -1.15. The number of rotatable bonds is 13. The van der Waals surface area contributed by atoms with Gasteiger partial charge in [-0.1, -0.05) is 42.5 Å². The Hall–Kier alpha value is -3.53. The SMILES string of the molecule is CSCC[C@H](NC(=O)[C@H](Cc1ccccc1)NC(=O)[C@H](Cc1ccc(O)cc1)NC(C)=O)C(=O)O. The number of nitrogens with one attached hydrogen (secondary N) is 3. The van der Waals surface area contributed by atoms with Crippen LogP contribution < -0.4 is 16.0 Å². The highest BCUT2D eigenvalue weighted by atomic mass is 32.2. The van der Waals surface area contributed by atoms with Gasteiger partial charge in [-0.2, -0.15) is 11.8 Å². The van der Waals surface area contributed by atoms with Crippen LogP contribution in [0.25, 0.3) is 0 Å². The van der Waals surface area contributed by atoms with E-state index in [4.69, 9.17) is 0 Å². The minimum absolute atomic E-state index is 0.0725. The van der Waals surface area contributed by atoms with E-state index in [-0.39, 0.29) is 25.0 Å². The molecule has 0 aliphatic rings. The van der Waals surface area contributed by atoms with E-state index in [2.05, 4.69) is 16.0 Å². The van der Waals surface area contributed by atoms with Crippen molar-refractivity contribution in [2.45, 2.75) is 44.3 Å². The molecular weight excluding hydrogens is 470 g/mol. The van der Waals surface area contributed by atoms with Gasteiger partial charge in [0.2, 0.25) is 17.7 Å². The van der Waals surface area contributed by atoms with Crippen LogP contribution in [-0.4, -0.2) is 64.0 Å². The standard InChI is InChI=1S/C25H31N3O6S/c1-16(29)26-21(15-18-8-10-19(30)11-9-18)23(31)28-22(14-17-6-4-3-5-7-17)24(32)27-20(25(33)34)12-13-35-2/h3-11,20-22,30H,12-15H2,1-2H3,(H,26,29)(H,27,32)(H,28,31)(H,33,34)/t20-,21-,22-/m0/s1. The molecule has 0 unspecified atom stereocenters. The first kappa shape index (κ1) is 27.7. The summed E-state index contributed by atoms with van der Waals surface area (Å²) in [5.41, 5.74) is 1.47. The molecule has 0 fully saturated rings. The number of carbonyl (C=O) groups excluding carboxylic acids is 3. The number of aliphatic carboxylic acids is 1. The number of phenols is 1. The van der Waals surface area contributed by atoms with Crippen molar-refractivity contribution in [3.8, 4) is 5.75 Å². The molecule has 0 spiro atoms. The summed E-state index contributed by atoms with van der Waals surface area (Å²) in [6.07, 6.45) is 2.36. The molecule has 0 saturated carbocycles. The Kier molecular flexibility index (Phi) is 11.1. The highest BCUT2D eigenvalue weighted by Gasteiger charge is 2.29. The lowest BCUT2D eigenvalue weighted by molar-refractivity contribution is -0.142. The van der Waals surface area contributed by atoms with Crippen LogP contribution in [0.1, 0.15) is 24.5 Å².